The van der Waals surface area contributed by atoms with Gasteiger partial charge in [0.15, 0.2) is 5.96 Å². The van der Waals surface area contributed by atoms with Crippen molar-refractivity contribution < 1.29 is 5.11 Å². The summed E-state index contributed by atoms with van der Waals surface area (Å²) in [6.45, 7) is 1.39. The molecule has 0 bridgehead atoms. The van der Waals surface area contributed by atoms with Crippen LogP contribution in [0.1, 0.15) is 34.0 Å². The van der Waals surface area contributed by atoms with E-state index < -0.39 is 0 Å². The highest BCUT2D eigenvalue weighted by molar-refractivity contribution is 14.0. The van der Waals surface area contributed by atoms with Crippen LogP contribution < -0.4 is 5.32 Å². The van der Waals surface area contributed by atoms with E-state index >= 15 is 0 Å². The minimum Gasteiger partial charge on any atom is -0.508 e. The molecule has 0 saturated carbocycles. The van der Waals surface area contributed by atoms with Crippen LogP contribution >= 0.6 is 35.3 Å². The average molecular weight is 472 g/mol. The van der Waals surface area contributed by atoms with Gasteiger partial charge in [-0.25, -0.2) is 4.98 Å². The van der Waals surface area contributed by atoms with Crippen molar-refractivity contribution in [3.63, 3.8) is 0 Å². The van der Waals surface area contributed by atoms with Crippen molar-refractivity contribution in [3.05, 3.63) is 45.4 Å². The highest BCUT2D eigenvalue weighted by Gasteiger charge is 2.16. The van der Waals surface area contributed by atoms with E-state index in [1.54, 1.807) is 19.2 Å². The number of aromatic hydroxyl groups is 1. The van der Waals surface area contributed by atoms with Gasteiger partial charge in [0.2, 0.25) is 0 Å². The smallest absolute Gasteiger partial charge is 0.194 e. The molecule has 0 unspecified atom stereocenters. The third-order valence-corrected chi connectivity index (χ3v) is 5.34. The molecule has 1 aliphatic rings. The molecule has 2 aromatic rings. The van der Waals surface area contributed by atoms with E-state index in [-0.39, 0.29) is 29.7 Å². The number of aryl methyl sites for hydroxylation is 2. The highest BCUT2D eigenvalue weighted by atomic mass is 127. The zero-order valence-electron chi connectivity index (χ0n) is 14.7. The van der Waals surface area contributed by atoms with Gasteiger partial charge in [0.1, 0.15) is 10.8 Å². The highest BCUT2D eigenvalue weighted by Crippen LogP contribution is 2.27. The number of halogens is 1. The van der Waals surface area contributed by atoms with Crippen molar-refractivity contribution in [1.29, 1.82) is 0 Å². The molecule has 0 saturated heterocycles. The van der Waals surface area contributed by atoms with Crippen molar-refractivity contribution in [1.82, 2.24) is 15.2 Å². The van der Waals surface area contributed by atoms with E-state index in [0.29, 0.717) is 6.54 Å². The Bertz CT molecular complexity index is 708. The molecular weight excluding hydrogens is 447 g/mol. The molecule has 3 rings (SSSR count). The van der Waals surface area contributed by atoms with Crippen molar-refractivity contribution in [2.24, 2.45) is 4.99 Å². The Kier molecular flexibility index (Phi) is 7.49. The molecule has 0 radical (unpaired) electrons. The Morgan fingerprint density at radius 3 is 2.88 bits per heavy atom. The minimum atomic E-state index is 0. The number of benzene rings is 1. The molecule has 7 heteroatoms. The summed E-state index contributed by atoms with van der Waals surface area (Å²) >= 11 is 1.84. The summed E-state index contributed by atoms with van der Waals surface area (Å²) in [5.74, 6) is 1.11. The van der Waals surface area contributed by atoms with Crippen LogP contribution in [-0.4, -0.2) is 35.0 Å². The number of thiazole rings is 1. The first kappa shape index (κ1) is 20.0. The summed E-state index contributed by atoms with van der Waals surface area (Å²) in [7, 11) is 3.81. The lowest BCUT2D eigenvalue weighted by molar-refractivity contribution is 0.470. The predicted octanol–water partition coefficient (Wildman–Crippen LogP) is 3.55. The molecule has 0 amide bonds. The molecule has 1 heterocycles. The molecular formula is C18H25IN4OS. The molecule has 5 nitrogen and oxygen atoms in total. The van der Waals surface area contributed by atoms with E-state index in [0.717, 1.165) is 29.5 Å². The summed E-state index contributed by atoms with van der Waals surface area (Å²) in [5, 5.41) is 14.0. The van der Waals surface area contributed by atoms with Crippen molar-refractivity contribution in [3.8, 4) is 5.75 Å². The number of nitrogens with one attached hydrogen (secondary N) is 1. The maximum Gasteiger partial charge on any atom is 0.194 e. The number of rotatable bonds is 4. The number of nitrogens with zero attached hydrogens (tertiary/aromatic N) is 3. The fraction of sp³-hybridized carbons (Fsp3) is 0.444. The van der Waals surface area contributed by atoms with E-state index in [2.05, 4.69) is 15.2 Å². The average Bonchev–Trinajstić information content (AvgIpc) is 2.97. The van der Waals surface area contributed by atoms with Gasteiger partial charge in [0.05, 0.1) is 12.2 Å². The van der Waals surface area contributed by atoms with E-state index in [4.69, 9.17) is 4.98 Å². The number of hydrogen-bond acceptors (Lipinski definition) is 4. The Morgan fingerprint density at radius 2 is 2.16 bits per heavy atom. The third-order valence-electron chi connectivity index (χ3n) is 4.20. The second-order valence-electron chi connectivity index (χ2n) is 6.11. The van der Waals surface area contributed by atoms with Crippen LogP contribution in [0.5, 0.6) is 5.75 Å². The summed E-state index contributed by atoms with van der Waals surface area (Å²) < 4.78 is 0. The van der Waals surface area contributed by atoms with Gasteiger partial charge in [-0.2, -0.15) is 0 Å². The lowest BCUT2D eigenvalue weighted by Gasteiger charge is -2.21. The quantitative estimate of drug-likeness (QED) is 0.406. The molecule has 136 valence electrons. The van der Waals surface area contributed by atoms with Gasteiger partial charge in [-0.1, -0.05) is 12.1 Å². The van der Waals surface area contributed by atoms with Crippen molar-refractivity contribution >= 4 is 41.3 Å². The standard InChI is InChI=1S/C18H24N4OS.HI/c1-19-18(20-11-13-6-5-7-14(23)10-13)22(2)12-17-21-15-8-3-4-9-16(15)24-17;/h5-7,10,23H,3-4,8-9,11-12H2,1-2H3,(H,19,20);1H. The van der Waals surface area contributed by atoms with Gasteiger partial charge in [0.25, 0.3) is 0 Å². The number of fused-ring (bicyclic) bond motifs is 1. The molecule has 1 aromatic carbocycles. The van der Waals surface area contributed by atoms with Crippen LogP contribution in [0.2, 0.25) is 0 Å². The first-order valence-corrected chi connectivity index (χ1v) is 9.14. The van der Waals surface area contributed by atoms with E-state index in [1.165, 1.54) is 29.8 Å². The summed E-state index contributed by atoms with van der Waals surface area (Å²) in [6.07, 6.45) is 4.86. The Morgan fingerprint density at radius 1 is 1.36 bits per heavy atom. The number of aromatic nitrogens is 1. The van der Waals surface area contributed by atoms with Crippen LogP contribution in [0.15, 0.2) is 29.3 Å². The maximum absolute atomic E-state index is 9.54. The molecule has 0 fully saturated rings. The van der Waals surface area contributed by atoms with Gasteiger partial charge in [0, 0.05) is 25.5 Å². The number of phenols is 1. The minimum absolute atomic E-state index is 0. The molecule has 25 heavy (non-hydrogen) atoms. The lowest BCUT2D eigenvalue weighted by Crippen LogP contribution is -2.38. The largest absolute Gasteiger partial charge is 0.508 e. The third kappa shape index (κ3) is 5.31. The molecule has 2 N–H and O–H groups in total. The van der Waals surface area contributed by atoms with Gasteiger partial charge in [-0.05, 0) is 43.4 Å². The molecule has 1 aromatic heterocycles. The number of aliphatic imine (C=N–C) groups is 1. The van der Waals surface area contributed by atoms with Crippen LogP contribution in [0.3, 0.4) is 0 Å². The fourth-order valence-electron chi connectivity index (χ4n) is 2.98. The number of phenolic OH excluding ortho intramolecular Hbond substituents is 1. The van der Waals surface area contributed by atoms with E-state index in [9.17, 15) is 5.11 Å². The van der Waals surface area contributed by atoms with Gasteiger partial charge in [-0.3, -0.25) is 4.99 Å². The predicted molar refractivity (Wildman–Crippen MR) is 114 cm³/mol. The van der Waals surface area contributed by atoms with E-state index in [1.807, 2.05) is 30.5 Å². The van der Waals surface area contributed by atoms with Crippen LogP contribution in [0.4, 0.5) is 0 Å². The van der Waals surface area contributed by atoms with Gasteiger partial charge >= 0.3 is 0 Å². The molecule has 0 aliphatic heterocycles. The maximum atomic E-state index is 9.54. The molecule has 0 atom stereocenters. The topological polar surface area (TPSA) is 60.8 Å². The van der Waals surface area contributed by atoms with Gasteiger partial charge in [-0.15, -0.1) is 35.3 Å². The van der Waals surface area contributed by atoms with Crippen molar-refractivity contribution in [2.75, 3.05) is 14.1 Å². The Balaban J connectivity index is 0.00000225. The zero-order chi connectivity index (χ0) is 16.9. The Labute approximate surface area is 170 Å². The second kappa shape index (κ2) is 9.38. The summed E-state index contributed by atoms with van der Waals surface area (Å²) in [5.41, 5.74) is 2.33. The van der Waals surface area contributed by atoms with Crippen LogP contribution in [0, 0.1) is 0 Å². The second-order valence-corrected chi connectivity index (χ2v) is 7.28. The molecule has 0 spiro atoms. The first-order chi connectivity index (χ1) is 11.7. The first-order valence-electron chi connectivity index (χ1n) is 8.33. The number of guanidine groups is 1. The van der Waals surface area contributed by atoms with Crippen LogP contribution in [-0.2, 0) is 25.9 Å². The number of hydrogen-bond donors (Lipinski definition) is 2. The summed E-state index contributed by atoms with van der Waals surface area (Å²) in [6, 6.07) is 7.26. The Hall–Kier alpha value is -1.35. The molecule has 1 aliphatic carbocycles. The summed E-state index contributed by atoms with van der Waals surface area (Å²) in [4.78, 5) is 12.7. The normalized spacial score (nSPS) is 13.8. The monoisotopic (exact) mass is 472 g/mol. The van der Waals surface area contributed by atoms with Gasteiger partial charge < -0.3 is 15.3 Å². The zero-order valence-corrected chi connectivity index (χ0v) is 17.8. The fourth-order valence-corrected chi connectivity index (χ4v) is 4.19. The lowest BCUT2D eigenvalue weighted by atomic mass is 10.0. The van der Waals surface area contributed by atoms with Crippen LogP contribution in [0.25, 0.3) is 0 Å². The van der Waals surface area contributed by atoms with Crippen molar-refractivity contribution in [2.45, 2.75) is 38.8 Å². The SMILES string of the molecule is CN=C(NCc1cccc(O)c1)N(C)Cc1nc2c(s1)CCCC2.I.